The summed E-state index contributed by atoms with van der Waals surface area (Å²) in [6, 6.07) is 18.9. The molecule has 1 heterocycles. The zero-order valence-corrected chi connectivity index (χ0v) is 16.4. The highest BCUT2D eigenvalue weighted by molar-refractivity contribution is 6.30. The van der Waals surface area contributed by atoms with Crippen molar-refractivity contribution < 1.29 is 14.4 Å². The van der Waals surface area contributed by atoms with Gasteiger partial charge in [0.05, 0.1) is 17.7 Å². The number of hydrogen-bond acceptors (Lipinski definition) is 3. The number of fused-ring (bicyclic) bond motifs is 1. The van der Waals surface area contributed by atoms with Crippen molar-refractivity contribution in [2.75, 3.05) is 5.32 Å². The lowest BCUT2D eigenvalue weighted by molar-refractivity contribution is 0.0642. The van der Waals surface area contributed by atoms with Crippen LogP contribution in [0, 0.1) is 6.92 Å². The molecule has 4 rings (SSSR count). The van der Waals surface area contributed by atoms with Gasteiger partial charge >= 0.3 is 0 Å². The second-order valence-electron chi connectivity index (χ2n) is 6.81. The Kier molecular flexibility index (Phi) is 4.91. The van der Waals surface area contributed by atoms with Crippen LogP contribution in [0.1, 0.15) is 42.2 Å². The summed E-state index contributed by atoms with van der Waals surface area (Å²) in [5.41, 5.74) is 3.23. The predicted octanol–water partition coefficient (Wildman–Crippen LogP) is 4.70. The number of hydrogen-bond donors (Lipinski definition) is 1. The molecule has 0 radical (unpaired) electrons. The zero-order valence-electron chi connectivity index (χ0n) is 15.6. The van der Waals surface area contributed by atoms with E-state index in [2.05, 4.69) is 5.32 Å². The van der Waals surface area contributed by atoms with Gasteiger partial charge in [0.2, 0.25) is 0 Å². The molecule has 0 atom stereocenters. The molecule has 1 aliphatic heterocycles. The van der Waals surface area contributed by atoms with E-state index in [9.17, 15) is 14.4 Å². The van der Waals surface area contributed by atoms with Crippen LogP contribution in [-0.2, 0) is 6.54 Å². The molecule has 1 aliphatic rings. The maximum atomic E-state index is 12.7. The lowest BCUT2D eigenvalue weighted by Crippen LogP contribution is -2.29. The summed E-state index contributed by atoms with van der Waals surface area (Å²) in [7, 11) is 0. The van der Waals surface area contributed by atoms with Crippen molar-refractivity contribution in [3.8, 4) is 0 Å². The van der Waals surface area contributed by atoms with E-state index in [0.29, 0.717) is 33.0 Å². The molecule has 5 nitrogen and oxygen atoms in total. The maximum Gasteiger partial charge on any atom is 0.261 e. The normalized spacial score (nSPS) is 12.8. The van der Waals surface area contributed by atoms with Crippen LogP contribution in [-0.4, -0.2) is 22.6 Å². The smallest absolute Gasteiger partial charge is 0.261 e. The van der Waals surface area contributed by atoms with E-state index in [0.717, 1.165) is 5.56 Å². The summed E-state index contributed by atoms with van der Waals surface area (Å²) in [5, 5.41) is 3.32. The van der Waals surface area contributed by atoms with Crippen LogP contribution in [0.15, 0.2) is 66.7 Å². The molecule has 3 aromatic carbocycles. The zero-order chi connectivity index (χ0) is 20.5. The highest BCUT2D eigenvalue weighted by atomic mass is 35.5. The second-order valence-corrected chi connectivity index (χ2v) is 7.25. The SMILES string of the molecule is Cc1ccccc1C(=O)Nc1ccc(Cl)cc1CN1C(=O)c2ccccc2C1=O. The molecule has 3 aromatic rings. The Morgan fingerprint density at radius 3 is 2.21 bits per heavy atom. The maximum absolute atomic E-state index is 12.7. The quantitative estimate of drug-likeness (QED) is 0.641. The average Bonchev–Trinajstić information content (AvgIpc) is 2.95. The molecule has 0 fully saturated rings. The Bertz CT molecular complexity index is 1120. The molecule has 29 heavy (non-hydrogen) atoms. The van der Waals surface area contributed by atoms with Gasteiger partial charge in [0.1, 0.15) is 0 Å². The highest BCUT2D eigenvalue weighted by Crippen LogP contribution is 2.28. The van der Waals surface area contributed by atoms with Crippen LogP contribution >= 0.6 is 11.6 Å². The van der Waals surface area contributed by atoms with Gasteiger partial charge in [-0.2, -0.15) is 0 Å². The topological polar surface area (TPSA) is 66.5 Å². The molecular weight excluding hydrogens is 388 g/mol. The fourth-order valence-electron chi connectivity index (χ4n) is 3.39. The molecule has 0 aliphatic carbocycles. The summed E-state index contributed by atoms with van der Waals surface area (Å²) in [6.45, 7) is 1.87. The Labute approximate surface area is 172 Å². The summed E-state index contributed by atoms with van der Waals surface area (Å²) < 4.78 is 0. The number of benzene rings is 3. The third-order valence-electron chi connectivity index (χ3n) is 4.91. The molecule has 0 saturated heterocycles. The van der Waals surface area contributed by atoms with Crippen molar-refractivity contribution in [1.29, 1.82) is 0 Å². The number of nitrogens with one attached hydrogen (secondary N) is 1. The Balaban J connectivity index is 1.63. The third kappa shape index (κ3) is 3.52. The fourth-order valence-corrected chi connectivity index (χ4v) is 3.58. The highest BCUT2D eigenvalue weighted by Gasteiger charge is 2.35. The standard InChI is InChI=1S/C23H17ClN2O3/c1-14-6-2-3-7-17(14)21(27)25-20-11-10-16(24)12-15(20)13-26-22(28)18-8-4-5-9-19(18)23(26)29/h2-12H,13H2,1H3,(H,25,27). The number of amides is 3. The molecule has 0 bridgehead atoms. The predicted molar refractivity (Wildman–Crippen MR) is 111 cm³/mol. The number of nitrogens with zero attached hydrogens (tertiary/aromatic N) is 1. The summed E-state index contributed by atoms with van der Waals surface area (Å²) in [6.07, 6.45) is 0. The summed E-state index contributed by atoms with van der Waals surface area (Å²) >= 11 is 6.14. The largest absolute Gasteiger partial charge is 0.322 e. The molecular formula is C23H17ClN2O3. The van der Waals surface area contributed by atoms with Gasteiger partial charge < -0.3 is 5.32 Å². The van der Waals surface area contributed by atoms with Crippen molar-refractivity contribution in [3.05, 3.63) is 99.6 Å². The van der Waals surface area contributed by atoms with Gasteiger partial charge in [-0.3, -0.25) is 19.3 Å². The van der Waals surface area contributed by atoms with Crippen molar-refractivity contribution in [2.45, 2.75) is 13.5 Å². The lowest BCUT2D eigenvalue weighted by Gasteiger charge is -2.18. The van der Waals surface area contributed by atoms with Gasteiger partial charge in [-0.25, -0.2) is 0 Å². The number of imide groups is 1. The molecule has 3 amide bonds. The van der Waals surface area contributed by atoms with Gasteiger partial charge in [-0.15, -0.1) is 0 Å². The van der Waals surface area contributed by atoms with Crippen LogP contribution < -0.4 is 5.32 Å². The van der Waals surface area contributed by atoms with E-state index in [4.69, 9.17) is 11.6 Å². The van der Waals surface area contributed by atoms with Crippen LogP contribution in [0.4, 0.5) is 5.69 Å². The van der Waals surface area contributed by atoms with Gasteiger partial charge in [-0.05, 0) is 54.4 Å². The third-order valence-corrected chi connectivity index (χ3v) is 5.15. The molecule has 6 heteroatoms. The molecule has 0 saturated carbocycles. The first kappa shape index (κ1) is 18.9. The fraction of sp³-hybridized carbons (Fsp3) is 0.0870. The van der Waals surface area contributed by atoms with Crippen LogP contribution in [0.25, 0.3) is 0 Å². The average molecular weight is 405 g/mol. The van der Waals surface area contributed by atoms with Gasteiger partial charge in [0.15, 0.2) is 0 Å². The molecule has 0 unspecified atom stereocenters. The molecule has 0 aromatic heterocycles. The minimum atomic E-state index is -0.359. The van der Waals surface area contributed by atoms with E-state index in [-0.39, 0.29) is 24.3 Å². The van der Waals surface area contributed by atoms with Crippen LogP contribution in [0.2, 0.25) is 5.02 Å². The van der Waals surface area contributed by atoms with Crippen molar-refractivity contribution >= 4 is 35.0 Å². The van der Waals surface area contributed by atoms with Gasteiger partial charge in [0, 0.05) is 16.3 Å². The van der Waals surface area contributed by atoms with Gasteiger partial charge in [0.25, 0.3) is 17.7 Å². The first-order valence-electron chi connectivity index (χ1n) is 9.06. The van der Waals surface area contributed by atoms with E-state index >= 15 is 0 Å². The van der Waals surface area contributed by atoms with Gasteiger partial charge in [-0.1, -0.05) is 41.9 Å². The summed E-state index contributed by atoms with van der Waals surface area (Å²) in [4.78, 5) is 39.3. The molecule has 1 N–H and O–H groups in total. The van der Waals surface area contributed by atoms with Crippen molar-refractivity contribution in [3.63, 3.8) is 0 Å². The van der Waals surface area contributed by atoms with E-state index < -0.39 is 0 Å². The Morgan fingerprint density at radius 2 is 1.55 bits per heavy atom. The minimum Gasteiger partial charge on any atom is -0.322 e. The lowest BCUT2D eigenvalue weighted by atomic mass is 10.1. The van der Waals surface area contributed by atoms with E-state index in [1.54, 1.807) is 54.6 Å². The molecule has 144 valence electrons. The Morgan fingerprint density at radius 1 is 0.931 bits per heavy atom. The minimum absolute atomic E-state index is 0.0102. The summed E-state index contributed by atoms with van der Waals surface area (Å²) in [5.74, 6) is -0.988. The number of halogens is 1. The Hall–Kier alpha value is -3.44. The monoisotopic (exact) mass is 404 g/mol. The number of rotatable bonds is 4. The number of carbonyl (C=O) groups is 3. The molecule has 0 spiro atoms. The first-order valence-corrected chi connectivity index (χ1v) is 9.44. The van der Waals surface area contributed by atoms with E-state index in [1.165, 1.54) is 4.90 Å². The van der Waals surface area contributed by atoms with Crippen molar-refractivity contribution in [1.82, 2.24) is 4.90 Å². The first-order chi connectivity index (χ1) is 14.0. The van der Waals surface area contributed by atoms with Crippen LogP contribution in [0.3, 0.4) is 0 Å². The number of carbonyl (C=O) groups excluding carboxylic acids is 3. The van der Waals surface area contributed by atoms with Crippen molar-refractivity contribution in [2.24, 2.45) is 0 Å². The number of anilines is 1. The number of aryl methyl sites for hydroxylation is 1. The second kappa shape index (κ2) is 7.53. The van der Waals surface area contributed by atoms with Crippen LogP contribution in [0.5, 0.6) is 0 Å². The van der Waals surface area contributed by atoms with E-state index in [1.807, 2.05) is 19.1 Å².